The van der Waals surface area contributed by atoms with E-state index in [4.69, 9.17) is 56.3 Å². The van der Waals surface area contributed by atoms with Crippen molar-refractivity contribution in [1.82, 2.24) is 39.1 Å². The number of nitrogens with zero attached hydrogens (tertiary/aromatic N) is 16. The van der Waals surface area contributed by atoms with Crippen LogP contribution in [0.5, 0.6) is 46.5 Å². The van der Waals surface area contributed by atoms with Gasteiger partial charge in [-0.3, -0.25) is 0 Å². The number of azo groups is 4. The Kier molecular flexibility index (Phi) is 33.0. The van der Waals surface area contributed by atoms with E-state index < -0.39 is 30.1 Å². The molecule has 12 aromatic rings. The average Bonchev–Trinajstić information content (AvgIpc) is 1.66. The van der Waals surface area contributed by atoms with Gasteiger partial charge in [0.25, 0.3) is 0 Å². The number of phenols is 4. The second-order valence-corrected chi connectivity index (χ2v) is 30.3. The number of nitrogens with two attached hydrogens (primary N) is 6. The van der Waals surface area contributed by atoms with Crippen molar-refractivity contribution in [3.05, 3.63) is 203 Å². The Morgan fingerprint density at radius 2 is 0.603 bits per heavy atom. The number of phenolic OH excluding ortho intramolecular Hbond substituents is 4. The van der Waals surface area contributed by atoms with Gasteiger partial charge in [-0.15, -0.1) is 68.9 Å². The quantitative estimate of drug-likeness (QED) is 0.0116. The van der Waals surface area contributed by atoms with Crippen molar-refractivity contribution in [2.75, 3.05) is 0 Å². The van der Waals surface area contributed by atoms with Crippen LogP contribution in [0.1, 0.15) is 25.6 Å². The van der Waals surface area contributed by atoms with Gasteiger partial charge in [0.05, 0.1) is 96.3 Å². The molecule has 0 radical (unpaired) electrons. The molecule has 42 nitrogen and oxygen atoms in total. The van der Waals surface area contributed by atoms with Crippen molar-refractivity contribution >= 4 is 135 Å². The summed E-state index contributed by atoms with van der Waals surface area (Å²) in [5, 5.41) is 146. The number of aromatic hydroxyl groups is 8. The topological polar surface area (TPSA) is 646 Å². The largest absolute Gasteiger partial charge is 1.00 e. The monoisotopic (exact) mass is 1820 g/mol. The third-order valence-corrected chi connectivity index (χ3v) is 19.5. The second-order valence-electron chi connectivity index (χ2n) is 22.4. The van der Waals surface area contributed by atoms with Crippen LogP contribution in [0.3, 0.4) is 0 Å². The van der Waals surface area contributed by atoms with E-state index in [0.717, 1.165) is 63.7 Å². The Morgan fingerprint density at radius 1 is 0.345 bits per heavy atom. The number of aromatic nitrogens is 8. The molecule has 0 aliphatic heterocycles. The fraction of sp³-hybridized carbons (Fsp3) is 0.0625. The zero-order chi connectivity index (χ0) is 82.9. The molecule has 20 N–H and O–H groups in total. The van der Waals surface area contributed by atoms with Gasteiger partial charge in [0, 0.05) is 59.5 Å². The number of rotatable bonds is 24. The van der Waals surface area contributed by atoms with E-state index >= 15 is 0 Å². The van der Waals surface area contributed by atoms with Crippen LogP contribution in [0, 0.1) is 27.7 Å². The van der Waals surface area contributed by atoms with Gasteiger partial charge < -0.3 is 40.9 Å². The van der Waals surface area contributed by atoms with Crippen molar-refractivity contribution in [1.29, 1.82) is 0 Å². The summed E-state index contributed by atoms with van der Waals surface area (Å²) in [5.41, 5.74) is 3.48. The summed E-state index contributed by atoms with van der Waals surface area (Å²) < 4.78 is 87.6. The van der Waals surface area contributed by atoms with Gasteiger partial charge in [-0.1, -0.05) is 47.5 Å². The molecule has 52 heteroatoms. The number of hydrogen-bond donors (Lipinski definition) is 14. The molecule has 116 heavy (non-hydrogen) atoms. The first-order valence-corrected chi connectivity index (χ1v) is 38.7. The Balaban J connectivity index is 0.000000277. The zero-order valence-electron chi connectivity index (χ0n) is 61.3. The molecule has 0 fully saturated rings. The molecular formula is C64H62Cl2Cr2N22O20S6+2. The van der Waals surface area contributed by atoms with E-state index in [1.165, 1.54) is 106 Å². The van der Waals surface area contributed by atoms with E-state index in [1.807, 2.05) is 0 Å². The normalized spacial score (nSPS) is 11.6. The fourth-order valence-corrected chi connectivity index (χ4v) is 12.5. The van der Waals surface area contributed by atoms with Crippen LogP contribution >= 0.6 is 59.3 Å². The molecule has 0 amide bonds. The SMILES string of the molecule is Cc1nn(-c2cccc(S(N)(=O)=O)c2)c(O)c1N=Nc1cc(Cl)ccc1O.Cc1nn(-c2cccc(S(N)(=O)=O)c2)c(O)c1N=Nc1cc(SOON)ccc1O.Cc1nn(-c2cccc(SOON)c2)c(O)c1N=Nc1cc(Cl)ccc1O.Cc1nn(-c2cccc(SOON)c2)c(O)c1N=Nc1cc(S(N)(=O)=O)ccc1O.[Cr].[Cr].[H+].[H+]. The Bertz CT molecular complexity index is 6050. The van der Waals surface area contributed by atoms with Crippen LogP contribution < -0.4 is 33.1 Å². The molecule has 0 bridgehead atoms. The first kappa shape index (κ1) is 92.6. The molecule has 0 aliphatic rings. The Labute approximate surface area is 703 Å². The van der Waals surface area contributed by atoms with E-state index in [2.05, 4.69) is 89.3 Å². The maximum Gasteiger partial charge on any atom is 1.00 e. The molecule has 8 aromatic carbocycles. The van der Waals surface area contributed by atoms with Crippen LogP contribution in [-0.2, 0) is 92.8 Å². The first-order valence-electron chi connectivity index (χ1n) is 31.1. The predicted molar refractivity (Wildman–Crippen MR) is 412 cm³/mol. The summed E-state index contributed by atoms with van der Waals surface area (Å²) in [5.74, 6) is 12.5. The molecule has 0 unspecified atom stereocenters. The summed E-state index contributed by atoms with van der Waals surface area (Å²) in [6, 6.07) is 41.2. The Hall–Kier alpha value is -10.5. The molecule has 12 rings (SSSR count). The molecule has 0 saturated carbocycles. The molecule has 608 valence electrons. The zero-order valence-corrected chi connectivity index (χ0v) is 68.2. The smallest absolute Gasteiger partial charge is 0.506 e. The van der Waals surface area contributed by atoms with Gasteiger partial charge in [0.1, 0.15) is 45.7 Å². The number of hydrogen-bond acceptors (Lipinski definition) is 38. The maximum absolute atomic E-state index is 11.6. The number of aryl methyl sites for hydroxylation is 4. The van der Waals surface area contributed by atoms with Crippen LogP contribution in [0.15, 0.2) is 240 Å². The van der Waals surface area contributed by atoms with E-state index in [-0.39, 0.29) is 156 Å². The molecule has 0 saturated heterocycles. The van der Waals surface area contributed by atoms with Crippen LogP contribution in [0.4, 0.5) is 45.5 Å². The van der Waals surface area contributed by atoms with Crippen LogP contribution in [0.25, 0.3) is 22.7 Å². The van der Waals surface area contributed by atoms with Gasteiger partial charge >= 0.3 is 2.85 Å². The number of benzene rings is 8. The molecule has 4 aromatic heterocycles. The maximum atomic E-state index is 11.6. The van der Waals surface area contributed by atoms with Crippen LogP contribution in [0.2, 0.25) is 10.0 Å². The van der Waals surface area contributed by atoms with Gasteiger partial charge in [-0.25, -0.2) is 40.7 Å². The minimum absolute atomic E-state index is 0. The van der Waals surface area contributed by atoms with Crippen molar-refractivity contribution in [3.63, 3.8) is 0 Å². The number of primary sulfonamides is 3. The predicted octanol–water partition coefficient (Wildman–Crippen LogP) is 13.0. The van der Waals surface area contributed by atoms with Gasteiger partial charge in [-0.2, -0.15) is 56.8 Å². The molecule has 0 aliphatic carbocycles. The molecular weight excluding hydrogens is 1760 g/mol. The number of halogens is 2. The summed E-state index contributed by atoms with van der Waals surface area (Å²) in [6.07, 6.45) is 0. The van der Waals surface area contributed by atoms with Crippen molar-refractivity contribution in [2.45, 2.75) is 57.1 Å². The van der Waals surface area contributed by atoms with Gasteiger partial charge in [0.2, 0.25) is 53.6 Å². The summed E-state index contributed by atoms with van der Waals surface area (Å²) in [7, 11) is -11.8. The Morgan fingerprint density at radius 3 is 0.914 bits per heavy atom. The van der Waals surface area contributed by atoms with E-state index in [9.17, 15) is 66.1 Å². The first-order chi connectivity index (χ1) is 54.1. The van der Waals surface area contributed by atoms with Crippen molar-refractivity contribution in [2.24, 2.45) is 74.0 Å². The van der Waals surface area contributed by atoms with Gasteiger partial charge in [-0.05, 0) is 173 Å². The minimum atomic E-state index is -3.99. The summed E-state index contributed by atoms with van der Waals surface area (Å²) in [4.78, 5) is 13.4. The molecule has 4 heterocycles. The second kappa shape index (κ2) is 41.3. The third-order valence-electron chi connectivity index (χ3n) is 14.6. The summed E-state index contributed by atoms with van der Waals surface area (Å²) in [6.45, 7) is 6.43. The standard InChI is InChI=1S/2C16H14ClN5O4S.2C16H16N6O6S2.2Cr/c1-9-15(20-19-13-7-10(17)5-6-14(13)23)16(24)22(21-9)11-3-2-4-12(8-11)27(18,25)26;1-9-15(20-19-13-7-10(17)5-6-14(13)23)16(24)22(21-9)11-3-2-4-12(8-11)27-26-25-18;1-9-15(20-19-13-8-11(29-28-27-17)5-6-14(13)23)16(24)22(21-9)10-3-2-4-12(7-10)30(18,25)26;1-9-15(20-19-13-8-12(30(18,25)26)5-6-14(13)23)16(24)22(21-9)10-3-2-4-11(7-10)29-28-27-17;;/h2-8,23-24H,1H3,(H2,18,25,26);2-8,23-24H,18H2,1H3;2*2-8,23-24H,17H2,1H3,(H2,18,25,26);;/p+2. The number of sulfonamides is 3. The third kappa shape index (κ3) is 24.3. The van der Waals surface area contributed by atoms with Crippen LogP contribution in [-0.4, -0.2) is 105 Å². The van der Waals surface area contributed by atoms with Crippen molar-refractivity contribution < 1.29 is 132 Å². The van der Waals surface area contributed by atoms with Gasteiger partial charge in [0.15, 0.2) is 22.7 Å². The van der Waals surface area contributed by atoms with E-state index in [0.29, 0.717) is 58.9 Å². The summed E-state index contributed by atoms with van der Waals surface area (Å²) >= 11 is 14.3. The van der Waals surface area contributed by atoms with Crippen molar-refractivity contribution in [3.8, 4) is 69.3 Å². The minimum Gasteiger partial charge on any atom is -0.506 e. The van der Waals surface area contributed by atoms with E-state index in [1.54, 1.807) is 82.3 Å². The average molecular weight is 1830 g/mol. The molecule has 0 spiro atoms. The fourth-order valence-electron chi connectivity index (χ4n) is 9.28. The molecule has 0 atom stereocenters.